The Morgan fingerprint density at radius 3 is 2.89 bits per heavy atom. The maximum Gasteiger partial charge on any atom is 0.101 e. The van der Waals surface area contributed by atoms with Gasteiger partial charge in [0.05, 0.1) is 11.3 Å². The van der Waals surface area contributed by atoms with Crippen LogP contribution in [0.4, 0.5) is 5.69 Å². The van der Waals surface area contributed by atoms with Crippen molar-refractivity contribution in [1.29, 1.82) is 5.26 Å². The summed E-state index contributed by atoms with van der Waals surface area (Å²) in [6.45, 7) is 5.24. The van der Waals surface area contributed by atoms with Crippen molar-refractivity contribution in [2.24, 2.45) is 0 Å². The summed E-state index contributed by atoms with van der Waals surface area (Å²) in [5, 5.41) is 12.4. The van der Waals surface area contributed by atoms with Crippen molar-refractivity contribution in [1.82, 2.24) is 4.90 Å². The van der Waals surface area contributed by atoms with E-state index in [0.717, 1.165) is 35.8 Å². The first-order valence-corrected chi connectivity index (χ1v) is 7.21. The molecule has 0 amide bonds. The highest BCUT2D eigenvalue weighted by atomic mass is 79.9. The number of nitriles is 1. The SMILES string of the molecule is CCN(CCNc1cc(Br)ccc1C#N)C1CC1. The first-order valence-electron chi connectivity index (χ1n) is 6.42. The van der Waals surface area contributed by atoms with Gasteiger partial charge in [-0.05, 0) is 37.6 Å². The number of benzene rings is 1. The normalized spacial score (nSPS) is 14.6. The Kier molecular flexibility index (Phi) is 4.62. The van der Waals surface area contributed by atoms with Crippen molar-refractivity contribution in [3.05, 3.63) is 28.2 Å². The Morgan fingerprint density at radius 1 is 1.50 bits per heavy atom. The number of likely N-dealkylation sites (N-methyl/N-ethyl adjacent to an activating group) is 1. The van der Waals surface area contributed by atoms with Gasteiger partial charge in [-0.2, -0.15) is 5.26 Å². The molecule has 0 radical (unpaired) electrons. The van der Waals surface area contributed by atoms with E-state index in [1.165, 1.54) is 12.8 Å². The summed E-state index contributed by atoms with van der Waals surface area (Å²) in [6.07, 6.45) is 2.68. The number of rotatable bonds is 6. The van der Waals surface area contributed by atoms with Crippen LogP contribution < -0.4 is 5.32 Å². The molecule has 0 heterocycles. The molecular weight excluding hydrogens is 290 g/mol. The minimum atomic E-state index is 0.702. The zero-order valence-corrected chi connectivity index (χ0v) is 12.2. The second-order valence-electron chi connectivity index (χ2n) is 4.59. The Labute approximate surface area is 117 Å². The lowest BCUT2D eigenvalue weighted by Crippen LogP contribution is -2.31. The second-order valence-corrected chi connectivity index (χ2v) is 5.50. The largest absolute Gasteiger partial charge is 0.383 e. The number of nitrogens with one attached hydrogen (secondary N) is 1. The van der Waals surface area contributed by atoms with E-state index in [-0.39, 0.29) is 0 Å². The van der Waals surface area contributed by atoms with Crippen molar-refractivity contribution < 1.29 is 0 Å². The van der Waals surface area contributed by atoms with E-state index in [9.17, 15) is 0 Å². The van der Waals surface area contributed by atoms with E-state index in [4.69, 9.17) is 5.26 Å². The van der Waals surface area contributed by atoms with Gasteiger partial charge in [0.25, 0.3) is 0 Å². The van der Waals surface area contributed by atoms with Gasteiger partial charge in [0.2, 0.25) is 0 Å². The summed E-state index contributed by atoms with van der Waals surface area (Å²) < 4.78 is 0.999. The van der Waals surface area contributed by atoms with E-state index in [2.05, 4.69) is 39.1 Å². The highest BCUT2D eigenvalue weighted by molar-refractivity contribution is 9.10. The monoisotopic (exact) mass is 307 g/mol. The first kappa shape index (κ1) is 13.4. The highest BCUT2D eigenvalue weighted by Gasteiger charge is 2.27. The van der Waals surface area contributed by atoms with E-state index in [0.29, 0.717) is 5.56 Å². The summed E-state index contributed by atoms with van der Waals surface area (Å²) >= 11 is 3.43. The van der Waals surface area contributed by atoms with Crippen molar-refractivity contribution >= 4 is 21.6 Å². The average molecular weight is 308 g/mol. The Hall–Kier alpha value is -1.05. The molecule has 0 bridgehead atoms. The topological polar surface area (TPSA) is 39.1 Å². The van der Waals surface area contributed by atoms with Gasteiger partial charge in [-0.25, -0.2) is 0 Å². The Balaban J connectivity index is 1.89. The van der Waals surface area contributed by atoms with Crippen LogP contribution in [0.5, 0.6) is 0 Å². The van der Waals surface area contributed by atoms with Gasteiger partial charge in [0.15, 0.2) is 0 Å². The third-order valence-electron chi connectivity index (χ3n) is 3.29. The van der Waals surface area contributed by atoms with Crippen LogP contribution in [0.15, 0.2) is 22.7 Å². The maximum atomic E-state index is 9.05. The molecular formula is C14H18BrN3. The van der Waals surface area contributed by atoms with Crippen LogP contribution in [-0.2, 0) is 0 Å². The number of anilines is 1. The standard InChI is InChI=1S/C14H18BrN3/c1-2-18(13-5-6-13)8-7-17-14-9-12(15)4-3-11(14)10-16/h3-4,9,13,17H,2,5-8H2,1H3. The summed E-state index contributed by atoms with van der Waals surface area (Å²) in [5.41, 5.74) is 1.62. The van der Waals surface area contributed by atoms with Gasteiger partial charge in [-0.1, -0.05) is 22.9 Å². The zero-order chi connectivity index (χ0) is 13.0. The van der Waals surface area contributed by atoms with Crippen LogP contribution in [0.25, 0.3) is 0 Å². The first-order chi connectivity index (χ1) is 8.74. The van der Waals surface area contributed by atoms with Crippen molar-refractivity contribution in [3.63, 3.8) is 0 Å². The summed E-state index contributed by atoms with van der Waals surface area (Å²) in [6, 6.07) is 8.71. The Morgan fingerprint density at radius 2 is 2.28 bits per heavy atom. The average Bonchev–Trinajstić information content (AvgIpc) is 3.19. The highest BCUT2D eigenvalue weighted by Crippen LogP contribution is 2.26. The number of nitrogens with zero attached hydrogens (tertiary/aromatic N) is 2. The minimum Gasteiger partial charge on any atom is -0.383 e. The van der Waals surface area contributed by atoms with Crippen molar-refractivity contribution in [2.75, 3.05) is 25.0 Å². The predicted octanol–water partition coefficient (Wildman–Crippen LogP) is 3.22. The van der Waals surface area contributed by atoms with Crippen LogP contribution in [0, 0.1) is 11.3 Å². The molecule has 3 nitrogen and oxygen atoms in total. The van der Waals surface area contributed by atoms with Crippen LogP contribution in [0.1, 0.15) is 25.3 Å². The molecule has 0 unspecified atom stereocenters. The fourth-order valence-corrected chi connectivity index (χ4v) is 2.49. The lowest BCUT2D eigenvalue weighted by atomic mass is 10.2. The molecule has 96 valence electrons. The van der Waals surface area contributed by atoms with Crippen molar-refractivity contribution in [2.45, 2.75) is 25.8 Å². The molecule has 0 spiro atoms. The van der Waals surface area contributed by atoms with Crippen LogP contribution >= 0.6 is 15.9 Å². The molecule has 1 N–H and O–H groups in total. The van der Waals surface area contributed by atoms with Crippen LogP contribution in [-0.4, -0.2) is 30.6 Å². The zero-order valence-electron chi connectivity index (χ0n) is 10.6. The van der Waals surface area contributed by atoms with Gasteiger partial charge in [-0.15, -0.1) is 0 Å². The molecule has 1 aromatic rings. The smallest absolute Gasteiger partial charge is 0.101 e. The third-order valence-corrected chi connectivity index (χ3v) is 3.78. The molecule has 1 aliphatic rings. The summed E-state index contributed by atoms with van der Waals surface area (Å²) in [7, 11) is 0. The van der Waals surface area contributed by atoms with E-state index in [1.807, 2.05) is 18.2 Å². The molecule has 1 aliphatic carbocycles. The molecule has 0 atom stereocenters. The van der Waals surface area contributed by atoms with Crippen LogP contribution in [0.2, 0.25) is 0 Å². The predicted molar refractivity (Wildman–Crippen MR) is 77.6 cm³/mol. The van der Waals surface area contributed by atoms with E-state index < -0.39 is 0 Å². The molecule has 18 heavy (non-hydrogen) atoms. The number of halogens is 1. The molecule has 1 saturated carbocycles. The molecule has 0 aliphatic heterocycles. The quantitative estimate of drug-likeness (QED) is 0.877. The molecule has 0 aromatic heterocycles. The lowest BCUT2D eigenvalue weighted by molar-refractivity contribution is 0.289. The van der Waals surface area contributed by atoms with Gasteiger partial charge < -0.3 is 5.32 Å². The maximum absolute atomic E-state index is 9.05. The van der Waals surface area contributed by atoms with E-state index in [1.54, 1.807) is 0 Å². The minimum absolute atomic E-state index is 0.702. The number of hydrogen-bond acceptors (Lipinski definition) is 3. The second kappa shape index (κ2) is 6.21. The summed E-state index contributed by atoms with van der Waals surface area (Å²) in [4.78, 5) is 2.50. The van der Waals surface area contributed by atoms with Gasteiger partial charge >= 0.3 is 0 Å². The number of hydrogen-bond donors (Lipinski definition) is 1. The van der Waals surface area contributed by atoms with Gasteiger partial charge in [0, 0.05) is 23.6 Å². The van der Waals surface area contributed by atoms with Gasteiger partial charge in [0.1, 0.15) is 6.07 Å². The molecule has 0 saturated heterocycles. The van der Waals surface area contributed by atoms with Crippen molar-refractivity contribution in [3.8, 4) is 6.07 Å². The Bertz CT molecular complexity index is 449. The summed E-state index contributed by atoms with van der Waals surface area (Å²) in [5.74, 6) is 0. The van der Waals surface area contributed by atoms with Crippen LogP contribution in [0.3, 0.4) is 0 Å². The van der Waals surface area contributed by atoms with Gasteiger partial charge in [-0.3, -0.25) is 4.90 Å². The molecule has 1 aromatic carbocycles. The molecule has 1 fully saturated rings. The van der Waals surface area contributed by atoms with E-state index >= 15 is 0 Å². The molecule has 4 heteroatoms. The molecule has 2 rings (SSSR count). The fraction of sp³-hybridized carbons (Fsp3) is 0.500. The lowest BCUT2D eigenvalue weighted by Gasteiger charge is -2.20. The fourth-order valence-electron chi connectivity index (χ4n) is 2.13. The third kappa shape index (κ3) is 3.47.